The summed E-state index contributed by atoms with van der Waals surface area (Å²) >= 11 is -2.43. The van der Waals surface area contributed by atoms with Crippen LogP contribution in [-0.2, 0) is 0 Å². The number of hydrogen-bond donors (Lipinski definition) is 2. The third-order valence-corrected chi connectivity index (χ3v) is 21.8. The van der Waals surface area contributed by atoms with Gasteiger partial charge in [-0.1, -0.05) is 0 Å². The molecule has 3 heteroatoms. The van der Waals surface area contributed by atoms with Gasteiger partial charge in [-0.05, 0) is 0 Å². The molecule has 0 unspecified atom stereocenters. The van der Waals surface area contributed by atoms with E-state index in [0.29, 0.717) is 6.42 Å². The van der Waals surface area contributed by atoms with Gasteiger partial charge in [-0.15, -0.1) is 0 Å². The maximum atomic E-state index is 10.7. The quantitative estimate of drug-likeness (QED) is 0.358. The molecule has 0 saturated heterocycles. The fourth-order valence-corrected chi connectivity index (χ4v) is 19.7. The Balaban J connectivity index is 5.56. The van der Waals surface area contributed by atoms with Crippen molar-refractivity contribution in [3.63, 3.8) is 0 Å². The van der Waals surface area contributed by atoms with Crippen molar-refractivity contribution in [1.82, 2.24) is 0 Å². The Morgan fingerprint density at radius 2 is 1.35 bits per heavy atom. The van der Waals surface area contributed by atoms with Crippen LogP contribution in [0.25, 0.3) is 0 Å². The van der Waals surface area contributed by atoms with E-state index in [-0.39, 0.29) is 0 Å². The summed E-state index contributed by atoms with van der Waals surface area (Å²) in [5.41, 5.74) is -1.08. The van der Waals surface area contributed by atoms with Gasteiger partial charge in [-0.2, -0.15) is 0 Å². The zero-order valence-electron chi connectivity index (χ0n) is 16.6. The summed E-state index contributed by atoms with van der Waals surface area (Å²) in [6, 6.07) is 0. The van der Waals surface area contributed by atoms with Gasteiger partial charge in [-0.3, -0.25) is 0 Å². The molecule has 0 aromatic rings. The Bertz CT molecular complexity index is 315. The first-order chi connectivity index (χ1) is 10.8. The van der Waals surface area contributed by atoms with E-state index in [1.165, 1.54) is 55.4 Å². The molecule has 0 heterocycles. The van der Waals surface area contributed by atoms with Gasteiger partial charge in [-0.25, -0.2) is 0 Å². The Morgan fingerprint density at radius 3 is 1.65 bits per heavy atom. The van der Waals surface area contributed by atoms with Crippen LogP contribution in [0.4, 0.5) is 0 Å². The molecule has 0 aliphatic rings. The van der Waals surface area contributed by atoms with Crippen LogP contribution >= 0.6 is 0 Å². The first-order valence-corrected chi connectivity index (χ1v) is 17.4. The second-order valence-electron chi connectivity index (χ2n) is 7.57. The predicted molar refractivity (Wildman–Crippen MR) is 106 cm³/mol. The summed E-state index contributed by atoms with van der Waals surface area (Å²) < 4.78 is 5.72. The van der Waals surface area contributed by atoms with Gasteiger partial charge in [0, 0.05) is 0 Å². The van der Waals surface area contributed by atoms with Crippen LogP contribution in [0.15, 0.2) is 9.67 Å². The van der Waals surface area contributed by atoms with Gasteiger partial charge in [0.2, 0.25) is 0 Å². The van der Waals surface area contributed by atoms with Crippen molar-refractivity contribution >= 4 is 18.4 Å². The van der Waals surface area contributed by atoms with E-state index < -0.39 is 30.1 Å². The second-order valence-corrected chi connectivity index (χ2v) is 21.4. The van der Waals surface area contributed by atoms with Crippen molar-refractivity contribution < 1.29 is 10.2 Å². The SMILES string of the molecule is CCC[CH2][Sn]([CH2]CCC)([CH2]CCC)/[C](C)=C/[C@](C)(O)[C@H](O)CC. The molecule has 0 amide bonds. The average molecular weight is 433 g/mol. The molecule has 0 rings (SSSR count). The average Bonchev–Trinajstić information content (AvgIpc) is 2.53. The van der Waals surface area contributed by atoms with E-state index >= 15 is 0 Å². The van der Waals surface area contributed by atoms with Gasteiger partial charge in [0.1, 0.15) is 0 Å². The fraction of sp³-hybridized carbons (Fsp3) is 0.900. The molecular weight excluding hydrogens is 391 g/mol. The van der Waals surface area contributed by atoms with Crippen LogP contribution < -0.4 is 0 Å². The molecule has 0 aliphatic carbocycles. The molecule has 0 spiro atoms. The summed E-state index contributed by atoms with van der Waals surface area (Å²) in [4.78, 5) is 0. The summed E-state index contributed by atoms with van der Waals surface area (Å²) in [7, 11) is 0. The zero-order chi connectivity index (χ0) is 17.9. The Morgan fingerprint density at radius 1 is 0.957 bits per heavy atom. The summed E-state index contributed by atoms with van der Waals surface area (Å²) in [6.45, 7) is 12.8. The minimum absolute atomic E-state index is 0.595. The monoisotopic (exact) mass is 434 g/mol. The van der Waals surface area contributed by atoms with E-state index in [1.54, 1.807) is 6.92 Å². The van der Waals surface area contributed by atoms with Crippen LogP contribution in [-0.4, -0.2) is 40.3 Å². The summed E-state index contributed by atoms with van der Waals surface area (Å²) in [5.74, 6) is 0. The molecule has 0 aromatic heterocycles. The van der Waals surface area contributed by atoms with Crippen molar-refractivity contribution in [2.75, 3.05) is 0 Å². The molecular formula is C20H42O2Sn. The number of aliphatic hydroxyl groups excluding tert-OH is 1. The van der Waals surface area contributed by atoms with E-state index in [9.17, 15) is 10.2 Å². The minimum atomic E-state index is -2.43. The van der Waals surface area contributed by atoms with Crippen molar-refractivity contribution in [3.8, 4) is 0 Å². The molecule has 0 bridgehead atoms. The van der Waals surface area contributed by atoms with Crippen molar-refractivity contribution in [3.05, 3.63) is 9.67 Å². The van der Waals surface area contributed by atoms with Gasteiger partial charge in [0.25, 0.3) is 0 Å². The number of rotatable bonds is 13. The maximum absolute atomic E-state index is 10.7. The number of allylic oxidation sites excluding steroid dienone is 1. The Labute approximate surface area is 149 Å². The molecule has 0 aliphatic heterocycles. The third kappa shape index (κ3) is 7.92. The van der Waals surface area contributed by atoms with Gasteiger partial charge >= 0.3 is 150 Å². The molecule has 2 nitrogen and oxygen atoms in total. The Hall–Kier alpha value is 0.459. The van der Waals surface area contributed by atoms with Crippen molar-refractivity contribution in [1.29, 1.82) is 0 Å². The Kier molecular flexibility index (Phi) is 12.2. The van der Waals surface area contributed by atoms with Crippen LogP contribution in [0.1, 0.15) is 86.5 Å². The van der Waals surface area contributed by atoms with Crippen molar-refractivity contribution in [2.45, 2.75) is 112 Å². The molecule has 2 N–H and O–H groups in total. The molecule has 23 heavy (non-hydrogen) atoms. The van der Waals surface area contributed by atoms with Crippen molar-refractivity contribution in [2.24, 2.45) is 0 Å². The van der Waals surface area contributed by atoms with E-state index in [4.69, 9.17) is 0 Å². The fourth-order valence-electron chi connectivity index (χ4n) is 3.61. The third-order valence-electron chi connectivity index (χ3n) is 5.43. The topological polar surface area (TPSA) is 40.5 Å². The number of unbranched alkanes of at least 4 members (excludes halogenated alkanes) is 3. The number of aliphatic hydroxyl groups is 2. The van der Waals surface area contributed by atoms with Gasteiger partial charge in [0.05, 0.1) is 0 Å². The van der Waals surface area contributed by atoms with E-state index in [1.807, 2.05) is 6.92 Å². The summed E-state index contributed by atoms with van der Waals surface area (Å²) in [6.07, 6.45) is 9.75. The molecule has 0 aromatic carbocycles. The van der Waals surface area contributed by atoms with Gasteiger partial charge < -0.3 is 0 Å². The van der Waals surface area contributed by atoms with Crippen LogP contribution in [0, 0.1) is 0 Å². The first-order valence-electron chi connectivity index (χ1n) is 9.90. The normalized spacial score (nSPS) is 17.1. The number of hydrogen-bond acceptors (Lipinski definition) is 2. The second kappa shape index (κ2) is 11.9. The molecule has 138 valence electrons. The van der Waals surface area contributed by atoms with E-state index in [2.05, 4.69) is 33.8 Å². The van der Waals surface area contributed by atoms with Crippen LogP contribution in [0.3, 0.4) is 0 Å². The molecule has 0 radical (unpaired) electrons. The van der Waals surface area contributed by atoms with Crippen LogP contribution in [0.2, 0.25) is 13.3 Å². The molecule has 0 fully saturated rings. The van der Waals surface area contributed by atoms with Crippen LogP contribution in [0.5, 0.6) is 0 Å². The summed E-state index contributed by atoms with van der Waals surface area (Å²) in [5, 5.41) is 20.9. The first kappa shape index (κ1) is 23.5. The van der Waals surface area contributed by atoms with Gasteiger partial charge in [0.15, 0.2) is 0 Å². The van der Waals surface area contributed by atoms with E-state index in [0.717, 1.165) is 0 Å². The predicted octanol–water partition coefficient (Wildman–Crippen LogP) is 5.84. The molecule has 0 saturated carbocycles. The standard InChI is InChI=1S/C8H15O2.3C4H9.Sn/c1-4-6-8(3,10)7(9)5-2;3*1-3-4-2;/h6-7,9-10H,5H2,1-3H3;3*1,3-4H2,2H3;/t7-,8+;;;;/m1..../s1. The molecule has 2 atom stereocenters. The zero-order valence-corrected chi connectivity index (χ0v) is 19.5.